The number of ether oxygens (including phenoxy) is 3. The number of carbonyl (C=O) groups excluding carboxylic acids is 2. The molecule has 0 unspecified atom stereocenters. The molecule has 11 heteroatoms. The van der Waals surface area contributed by atoms with Crippen molar-refractivity contribution < 1.29 is 37.0 Å². The fourth-order valence-corrected chi connectivity index (χ4v) is 6.23. The van der Waals surface area contributed by atoms with Crippen molar-refractivity contribution >= 4 is 17.7 Å². The molecule has 34 heavy (non-hydrogen) atoms. The Morgan fingerprint density at radius 3 is 2.76 bits per heavy atom. The minimum atomic E-state index is -4.76. The Labute approximate surface area is 193 Å². The first-order valence-electron chi connectivity index (χ1n) is 11.1. The molecule has 0 aliphatic carbocycles. The van der Waals surface area contributed by atoms with E-state index in [-0.39, 0.29) is 18.4 Å². The van der Waals surface area contributed by atoms with Gasteiger partial charge in [-0.15, -0.1) is 0 Å². The van der Waals surface area contributed by atoms with Crippen LogP contribution in [0.2, 0.25) is 0 Å². The molecule has 0 radical (unpaired) electrons. The zero-order valence-corrected chi connectivity index (χ0v) is 18.8. The second-order valence-corrected chi connectivity index (χ2v) is 9.77. The number of hydrogen-bond donors (Lipinski definition) is 1. The molecule has 5 rings (SSSR count). The third kappa shape index (κ3) is 3.11. The standard InChI is InChI=1S/C23H24F3N3O5/c1-11(2)33-20(31)28-15-9-22-6-7-32-19-17(22)16(21(15,3)34-22)18(30)29(19)13-5-4-12(10-27)14(8-13)23(24,25)26/h4-5,8,11,15-17,19H,6-7,9H2,1-3H3,(H,28,31)/t15-,16+,17-,19-,21+,22-/m1/s1. The molecule has 4 heterocycles. The molecule has 4 aliphatic rings. The Hall–Kier alpha value is -2.84. The van der Waals surface area contributed by atoms with E-state index in [1.165, 1.54) is 11.0 Å². The number of nitrogens with one attached hydrogen (secondary N) is 1. The second-order valence-electron chi connectivity index (χ2n) is 9.77. The number of nitriles is 1. The summed E-state index contributed by atoms with van der Waals surface area (Å²) in [5.41, 5.74) is -3.43. The number of alkyl halides is 3. The predicted molar refractivity (Wildman–Crippen MR) is 110 cm³/mol. The number of nitrogens with zero attached hydrogens (tertiary/aromatic N) is 2. The van der Waals surface area contributed by atoms with E-state index in [2.05, 4.69) is 5.32 Å². The topological polar surface area (TPSA) is 101 Å². The maximum Gasteiger partial charge on any atom is 0.417 e. The number of amides is 2. The van der Waals surface area contributed by atoms with Crippen molar-refractivity contribution in [2.75, 3.05) is 11.5 Å². The summed E-state index contributed by atoms with van der Waals surface area (Å²) >= 11 is 0. The molecule has 0 aromatic heterocycles. The number of fused-ring (bicyclic) bond motifs is 2. The fourth-order valence-electron chi connectivity index (χ4n) is 6.23. The highest BCUT2D eigenvalue weighted by atomic mass is 19.4. The van der Waals surface area contributed by atoms with Gasteiger partial charge >= 0.3 is 12.3 Å². The summed E-state index contributed by atoms with van der Waals surface area (Å²) in [5.74, 6) is -1.55. The normalized spacial score (nSPS) is 35.9. The van der Waals surface area contributed by atoms with Crippen LogP contribution in [0.25, 0.3) is 0 Å². The van der Waals surface area contributed by atoms with Gasteiger partial charge in [0.05, 0.1) is 53.1 Å². The van der Waals surface area contributed by atoms with Gasteiger partial charge in [0.25, 0.3) is 0 Å². The van der Waals surface area contributed by atoms with E-state index in [1.807, 2.05) is 0 Å². The molecule has 1 N–H and O–H groups in total. The third-order valence-corrected chi connectivity index (χ3v) is 7.47. The van der Waals surface area contributed by atoms with E-state index in [9.17, 15) is 22.8 Å². The van der Waals surface area contributed by atoms with Gasteiger partial charge in [-0.1, -0.05) is 0 Å². The lowest BCUT2D eigenvalue weighted by molar-refractivity contribution is -0.141. The quantitative estimate of drug-likeness (QED) is 0.714. The van der Waals surface area contributed by atoms with Gasteiger partial charge in [0.1, 0.15) is 6.23 Å². The highest BCUT2D eigenvalue weighted by Crippen LogP contribution is 2.65. The number of alkyl carbamates (subject to hydrolysis) is 1. The van der Waals surface area contributed by atoms with Crippen molar-refractivity contribution in [1.82, 2.24) is 5.32 Å². The molecular formula is C23H24F3N3O5. The minimum absolute atomic E-state index is 0.0134. The Bertz CT molecular complexity index is 1100. The Balaban J connectivity index is 1.52. The molecule has 4 fully saturated rings. The number of rotatable bonds is 3. The maximum atomic E-state index is 13.7. The lowest BCUT2D eigenvalue weighted by Crippen LogP contribution is -2.58. The lowest BCUT2D eigenvalue weighted by atomic mass is 9.64. The van der Waals surface area contributed by atoms with E-state index in [0.29, 0.717) is 12.8 Å². The van der Waals surface area contributed by atoms with Crippen molar-refractivity contribution in [2.24, 2.45) is 11.8 Å². The van der Waals surface area contributed by atoms with Crippen LogP contribution in [-0.2, 0) is 25.2 Å². The Morgan fingerprint density at radius 1 is 1.38 bits per heavy atom. The van der Waals surface area contributed by atoms with Crippen LogP contribution in [0.15, 0.2) is 18.2 Å². The van der Waals surface area contributed by atoms with Crippen molar-refractivity contribution in [3.8, 4) is 6.07 Å². The van der Waals surface area contributed by atoms with Gasteiger partial charge in [-0.3, -0.25) is 9.69 Å². The van der Waals surface area contributed by atoms with Crippen molar-refractivity contribution in [2.45, 2.75) is 69.4 Å². The van der Waals surface area contributed by atoms with E-state index < -0.39 is 64.6 Å². The van der Waals surface area contributed by atoms with Gasteiger partial charge in [0, 0.05) is 24.4 Å². The number of carbonyl (C=O) groups is 2. The van der Waals surface area contributed by atoms with Crippen LogP contribution in [0.4, 0.5) is 23.7 Å². The fraction of sp³-hybridized carbons (Fsp3) is 0.609. The molecule has 182 valence electrons. The predicted octanol–water partition coefficient (Wildman–Crippen LogP) is 3.34. The molecule has 1 aromatic rings. The molecule has 8 nitrogen and oxygen atoms in total. The molecule has 1 aromatic carbocycles. The van der Waals surface area contributed by atoms with Gasteiger partial charge in [-0.25, -0.2) is 4.79 Å². The largest absolute Gasteiger partial charge is 0.447 e. The molecule has 0 saturated carbocycles. The summed E-state index contributed by atoms with van der Waals surface area (Å²) in [6.07, 6.45) is -5.55. The molecule has 1 spiro atoms. The van der Waals surface area contributed by atoms with Gasteiger partial charge in [0.15, 0.2) is 0 Å². The third-order valence-electron chi connectivity index (χ3n) is 7.47. The summed E-state index contributed by atoms with van der Waals surface area (Å²) < 4.78 is 58.3. The van der Waals surface area contributed by atoms with Gasteiger partial charge in [-0.2, -0.15) is 18.4 Å². The van der Waals surface area contributed by atoms with Crippen LogP contribution in [0.1, 0.15) is 44.7 Å². The number of anilines is 1. The molecule has 2 amide bonds. The van der Waals surface area contributed by atoms with Gasteiger partial charge in [-0.05, 0) is 39.0 Å². The lowest BCUT2D eigenvalue weighted by Gasteiger charge is -2.42. The number of halogens is 3. The van der Waals surface area contributed by atoms with Gasteiger partial charge < -0.3 is 19.5 Å². The monoisotopic (exact) mass is 479 g/mol. The van der Waals surface area contributed by atoms with Crippen LogP contribution >= 0.6 is 0 Å². The average Bonchev–Trinajstić information content (AvgIpc) is 3.30. The summed E-state index contributed by atoms with van der Waals surface area (Å²) in [7, 11) is 0. The molecule has 2 bridgehead atoms. The SMILES string of the molecule is CC(C)OC(=O)N[C@@H]1C[C@]23CCO[C@@H]4[C@H]2[C@@H](C(=O)N4c2ccc(C#N)c(C(F)(F)F)c2)[C@@]1(C)O3. The zero-order valence-electron chi connectivity index (χ0n) is 18.8. The van der Waals surface area contributed by atoms with E-state index in [4.69, 9.17) is 19.5 Å². The van der Waals surface area contributed by atoms with Crippen LogP contribution < -0.4 is 10.2 Å². The minimum Gasteiger partial charge on any atom is -0.447 e. The van der Waals surface area contributed by atoms with Crippen LogP contribution in [-0.4, -0.2) is 48.2 Å². The number of benzene rings is 1. The van der Waals surface area contributed by atoms with E-state index >= 15 is 0 Å². The summed E-state index contributed by atoms with van der Waals surface area (Å²) in [5, 5.41) is 11.9. The summed E-state index contributed by atoms with van der Waals surface area (Å²) in [6.45, 7) is 5.45. The van der Waals surface area contributed by atoms with Crippen molar-refractivity contribution in [3.63, 3.8) is 0 Å². The van der Waals surface area contributed by atoms with Crippen molar-refractivity contribution in [1.29, 1.82) is 5.26 Å². The first-order valence-corrected chi connectivity index (χ1v) is 11.1. The zero-order chi connectivity index (χ0) is 24.6. The van der Waals surface area contributed by atoms with Crippen LogP contribution in [0, 0.1) is 23.2 Å². The van der Waals surface area contributed by atoms with E-state index in [1.54, 1.807) is 26.8 Å². The van der Waals surface area contributed by atoms with Gasteiger partial charge in [0.2, 0.25) is 5.91 Å². The first kappa shape index (κ1) is 22.9. The summed E-state index contributed by atoms with van der Waals surface area (Å²) in [6, 6.07) is 4.27. The molecular weight excluding hydrogens is 455 g/mol. The molecule has 4 aliphatic heterocycles. The van der Waals surface area contributed by atoms with Crippen LogP contribution in [0.3, 0.4) is 0 Å². The second kappa shape index (κ2) is 7.33. The molecule has 6 atom stereocenters. The van der Waals surface area contributed by atoms with Crippen LogP contribution in [0.5, 0.6) is 0 Å². The Kier molecular flexibility index (Phi) is 4.94. The highest BCUT2D eigenvalue weighted by Gasteiger charge is 2.78. The average molecular weight is 479 g/mol. The first-order chi connectivity index (χ1) is 15.9. The summed E-state index contributed by atoms with van der Waals surface area (Å²) in [4.78, 5) is 27.3. The van der Waals surface area contributed by atoms with E-state index in [0.717, 1.165) is 12.1 Å². The smallest absolute Gasteiger partial charge is 0.417 e. The molecule has 4 saturated heterocycles. The maximum absolute atomic E-state index is 13.7. The highest BCUT2D eigenvalue weighted by molar-refractivity contribution is 6.00. The number of hydrogen-bond acceptors (Lipinski definition) is 6. The Morgan fingerprint density at radius 2 is 2.12 bits per heavy atom. The van der Waals surface area contributed by atoms with Crippen molar-refractivity contribution in [3.05, 3.63) is 29.3 Å².